The van der Waals surface area contributed by atoms with Crippen LogP contribution in [0.3, 0.4) is 0 Å². The number of aliphatic imine (C=N–C) groups is 1. The van der Waals surface area contributed by atoms with Crippen molar-refractivity contribution in [1.82, 2.24) is 15.6 Å². The van der Waals surface area contributed by atoms with Crippen molar-refractivity contribution in [1.29, 1.82) is 0 Å². The molecule has 0 saturated heterocycles. The topological polar surface area (TPSA) is 49.3 Å². The Hall–Kier alpha value is -0.0200. The molecule has 4 nitrogen and oxygen atoms in total. The summed E-state index contributed by atoms with van der Waals surface area (Å²) in [5.74, 6) is 0.960. The lowest BCUT2D eigenvalue weighted by Crippen LogP contribution is -2.42. The largest absolute Gasteiger partial charge is 0.357 e. The molecule has 1 saturated carbocycles. The fraction of sp³-hybridized carbons (Fsp3) is 0.750. The van der Waals surface area contributed by atoms with Gasteiger partial charge in [-0.2, -0.15) is 11.8 Å². The molecule has 1 aromatic heterocycles. The van der Waals surface area contributed by atoms with Crippen molar-refractivity contribution >= 4 is 53.0 Å². The van der Waals surface area contributed by atoms with Crippen LogP contribution in [0.15, 0.2) is 11.2 Å². The van der Waals surface area contributed by atoms with Gasteiger partial charge in [0.1, 0.15) is 0 Å². The van der Waals surface area contributed by atoms with E-state index in [4.69, 9.17) is 4.99 Å². The minimum atomic E-state index is 0. The third-order valence-corrected chi connectivity index (χ3v) is 6.24. The van der Waals surface area contributed by atoms with Crippen LogP contribution in [0.2, 0.25) is 0 Å². The molecule has 0 radical (unpaired) electrons. The molecule has 1 heterocycles. The lowest BCUT2D eigenvalue weighted by atomic mass is 10.2. The second-order valence-electron chi connectivity index (χ2n) is 5.60. The van der Waals surface area contributed by atoms with Gasteiger partial charge >= 0.3 is 0 Å². The Morgan fingerprint density at radius 2 is 2.26 bits per heavy atom. The maximum Gasteiger partial charge on any atom is 0.191 e. The van der Waals surface area contributed by atoms with Crippen molar-refractivity contribution in [2.75, 3.05) is 19.3 Å². The van der Waals surface area contributed by atoms with E-state index >= 15 is 0 Å². The van der Waals surface area contributed by atoms with Gasteiger partial charge in [0.05, 0.1) is 5.01 Å². The zero-order valence-electron chi connectivity index (χ0n) is 14.3. The molecule has 1 aliphatic rings. The molecule has 132 valence electrons. The van der Waals surface area contributed by atoms with Crippen molar-refractivity contribution in [3.8, 4) is 0 Å². The van der Waals surface area contributed by atoms with Crippen LogP contribution in [0.1, 0.15) is 43.0 Å². The van der Waals surface area contributed by atoms with Crippen LogP contribution in [-0.4, -0.2) is 41.6 Å². The monoisotopic (exact) mass is 468 g/mol. The van der Waals surface area contributed by atoms with E-state index in [1.54, 1.807) is 0 Å². The summed E-state index contributed by atoms with van der Waals surface area (Å²) in [5, 5.41) is 8.96. The molecule has 2 N–H and O–H groups in total. The van der Waals surface area contributed by atoms with E-state index in [1.807, 2.05) is 29.3 Å². The van der Waals surface area contributed by atoms with E-state index in [1.165, 1.54) is 29.1 Å². The second kappa shape index (κ2) is 11.5. The maximum absolute atomic E-state index is 4.71. The highest BCUT2D eigenvalue weighted by Crippen LogP contribution is 2.28. The van der Waals surface area contributed by atoms with Crippen LogP contribution in [0.5, 0.6) is 0 Å². The molecule has 2 rings (SSSR count). The van der Waals surface area contributed by atoms with Gasteiger partial charge in [-0.25, -0.2) is 4.98 Å². The van der Waals surface area contributed by atoms with Gasteiger partial charge in [-0.15, -0.1) is 35.3 Å². The van der Waals surface area contributed by atoms with Crippen molar-refractivity contribution in [3.05, 3.63) is 16.1 Å². The van der Waals surface area contributed by atoms with Crippen molar-refractivity contribution in [2.45, 2.75) is 57.2 Å². The van der Waals surface area contributed by atoms with E-state index in [2.05, 4.69) is 35.7 Å². The molecular formula is C16H29IN4S2. The van der Waals surface area contributed by atoms with Crippen LogP contribution in [0.25, 0.3) is 0 Å². The summed E-state index contributed by atoms with van der Waals surface area (Å²) in [4.78, 5) is 10.5. The summed E-state index contributed by atoms with van der Waals surface area (Å²) < 4.78 is 0. The Balaban J connectivity index is 0.00000264. The normalized spacial score (nSPS) is 21.1. The van der Waals surface area contributed by atoms with Crippen LogP contribution < -0.4 is 10.6 Å². The van der Waals surface area contributed by atoms with Crippen LogP contribution in [0.4, 0.5) is 0 Å². The van der Waals surface area contributed by atoms with Gasteiger partial charge in [0.15, 0.2) is 5.96 Å². The first-order valence-electron chi connectivity index (χ1n) is 8.26. The number of thioether (sulfide) groups is 1. The molecule has 1 aromatic rings. The van der Waals surface area contributed by atoms with Crippen molar-refractivity contribution < 1.29 is 0 Å². The summed E-state index contributed by atoms with van der Waals surface area (Å²) in [6.07, 6.45) is 10.0. The number of halogens is 1. The number of aromatic nitrogens is 1. The molecule has 0 amide bonds. The van der Waals surface area contributed by atoms with E-state index in [9.17, 15) is 0 Å². The molecule has 23 heavy (non-hydrogen) atoms. The van der Waals surface area contributed by atoms with Crippen molar-refractivity contribution in [2.24, 2.45) is 4.99 Å². The molecule has 1 aliphatic carbocycles. The first-order chi connectivity index (χ1) is 10.7. The lowest BCUT2D eigenvalue weighted by Gasteiger charge is -2.17. The van der Waals surface area contributed by atoms with Gasteiger partial charge in [-0.1, -0.05) is 6.92 Å². The predicted octanol–water partition coefficient (Wildman–Crippen LogP) is 3.71. The molecule has 7 heteroatoms. The Kier molecular flexibility index (Phi) is 10.5. The quantitative estimate of drug-likeness (QED) is 0.364. The minimum Gasteiger partial charge on any atom is -0.357 e. The number of nitrogens with one attached hydrogen (secondary N) is 2. The smallest absolute Gasteiger partial charge is 0.191 e. The predicted molar refractivity (Wildman–Crippen MR) is 115 cm³/mol. The summed E-state index contributed by atoms with van der Waals surface area (Å²) in [6.45, 7) is 5.99. The van der Waals surface area contributed by atoms with Crippen LogP contribution in [0, 0.1) is 0 Å². The summed E-state index contributed by atoms with van der Waals surface area (Å²) in [6, 6.07) is 0.571. The number of hydrogen-bond acceptors (Lipinski definition) is 4. The summed E-state index contributed by atoms with van der Waals surface area (Å²) >= 11 is 3.80. The molecule has 0 aliphatic heterocycles. The number of aryl methyl sites for hydroxylation is 1. The first kappa shape index (κ1) is 21.0. The third-order valence-electron chi connectivity index (χ3n) is 3.95. The molecule has 1 fully saturated rings. The van der Waals surface area contributed by atoms with E-state index in [0.717, 1.165) is 37.1 Å². The second-order valence-corrected chi connectivity index (χ2v) is 7.93. The molecule has 0 bridgehead atoms. The van der Waals surface area contributed by atoms with E-state index < -0.39 is 0 Å². The average molecular weight is 468 g/mol. The highest BCUT2D eigenvalue weighted by molar-refractivity contribution is 14.0. The van der Waals surface area contributed by atoms with Gasteiger partial charge in [-0.05, 0) is 38.9 Å². The Bertz CT molecular complexity index is 478. The third kappa shape index (κ3) is 7.17. The average Bonchev–Trinajstić information content (AvgIpc) is 3.16. The minimum absolute atomic E-state index is 0. The van der Waals surface area contributed by atoms with Gasteiger partial charge in [0.25, 0.3) is 0 Å². The van der Waals surface area contributed by atoms with Gasteiger partial charge in [0.2, 0.25) is 0 Å². The number of guanidine groups is 1. The summed E-state index contributed by atoms with van der Waals surface area (Å²) in [5.41, 5.74) is 0. The maximum atomic E-state index is 4.71. The molecule has 0 aromatic carbocycles. The number of hydrogen-bond donors (Lipinski definition) is 2. The number of thiazole rings is 1. The molecule has 2 unspecified atom stereocenters. The highest BCUT2D eigenvalue weighted by atomic mass is 127. The fourth-order valence-electron chi connectivity index (χ4n) is 2.69. The van der Waals surface area contributed by atoms with Gasteiger partial charge in [0, 0.05) is 41.9 Å². The Morgan fingerprint density at radius 3 is 2.87 bits per heavy atom. The van der Waals surface area contributed by atoms with E-state index in [-0.39, 0.29) is 24.0 Å². The van der Waals surface area contributed by atoms with Gasteiger partial charge in [-0.3, -0.25) is 4.99 Å². The van der Waals surface area contributed by atoms with Crippen LogP contribution in [-0.2, 0) is 12.8 Å². The fourth-order valence-corrected chi connectivity index (χ4v) is 4.34. The Labute approximate surface area is 165 Å². The molecular weight excluding hydrogens is 439 g/mol. The number of nitrogens with zero attached hydrogens (tertiary/aromatic N) is 2. The Morgan fingerprint density at radius 1 is 1.43 bits per heavy atom. The summed E-state index contributed by atoms with van der Waals surface area (Å²) in [7, 11) is 0. The van der Waals surface area contributed by atoms with Gasteiger partial charge < -0.3 is 10.6 Å². The first-order valence-corrected chi connectivity index (χ1v) is 10.4. The van der Waals surface area contributed by atoms with Crippen LogP contribution >= 0.6 is 47.1 Å². The molecule has 2 atom stereocenters. The van der Waals surface area contributed by atoms with E-state index in [0.29, 0.717) is 6.04 Å². The zero-order valence-corrected chi connectivity index (χ0v) is 18.3. The number of rotatable bonds is 7. The lowest BCUT2D eigenvalue weighted by molar-refractivity contribution is 0.615. The highest BCUT2D eigenvalue weighted by Gasteiger charge is 2.24. The molecule has 0 spiro atoms. The zero-order chi connectivity index (χ0) is 15.8. The standard InChI is InChI=1S/C16H28N4S2.HI/c1-4-13-11-19-15(22-13)8-9-18-16(17-5-2)20-12-6-7-14(10-12)21-3;/h11-12,14H,4-10H2,1-3H3,(H2,17,18,20);1H. The van der Waals surface area contributed by atoms with Crippen molar-refractivity contribution in [3.63, 3.8) is 0 Å². The SMILES string of the molecule is CCNC(=NCCc1ncc(CC)s1)NC1CCC(SC)C1.I.